The maximum absolute atomic E-state index is 11.3. The Morgan fingerprint density at radius 1 is 0.432 bits per heavy atom. The van der Waals surface area contributed by atoms with Gasteiger partial charge in [0.15, 0.2) is 0 Å². The maximum atomic E-state index is 11.3. The molecule has 0 aliphatic carbocycles. The number of phenolic OH excluding ortho intramolecular Hbond substituents is 3. The van der Waals surface area contributed by atoms with Crippen molar-refractivity contribution in [2.45, 2.75) is 12.8 Å². The van der Waals surface area contributed by atoms with E-state index in [2.05, 4.69) is 49.4 Å². The van der Waals surface area contributed by atoms with E-state index in [0.29, 0.717) is 10.9 Å². The highest BCUT2D eigenvalue weighted by Crippen LogP contribution is 2.47. The third-order valence-corrected chi connectivity index (χ3v) is 7.28. The largest absolute Gasteiger partial charge is 0.508 e. The quantitative estimate of drug-likeness (QED) is 0.222. The average Bonchev–Trinajstić information content (AvgIpc) is 2.92. The molecule has 0 spiro atoms. The molecule has 6 aromatic rings. The van der Waals surface area contributed by atoms with Gasteiger partial charge >= 0.3 is 0 Å². The monoisotopic (exact) mass is 482 g/mol. The molecule has 1 unspecified atom stereocenters. The van der Waals surface area contributed by atoms with E-state index in [1.165, 1.54) is 0 Å². The van der Waals surface area contributed by atoms with E-state index in [1.807, 2.05) is 42.5 Å². The first kappa shape index (κ1) is 22.7. The summed E-state index contributed by atoms with van der Waals surface area (Å²) in [5.74, 6) is -0.0678. The summed E-state index contributed by atoms with van der Waals surface area (Å²) in [7, 11) is 0. The van der Waals surface area contributed by atoms with Gasteiger partial charge in [-0.15, -0.1) is 0 Å². The van der Waals surface area contributed by atoms with Crippen LogP contribution in [-0.4, -0.2) is 15.3 Å². The molecule has 6 aromatic carbocycles. The highest BCUT2D eigenvalue weighted by Gasteiger charge is 2.27. The Morgan fingerprint density at radius 3 is 1.68 bits per heavy atom. The third-order valence-electron chi connectivity index (χ3n) is 7.28. The smallest absolute Gasteiger partial charge is 0.123 e. The maximum Gasteiger partial charge on any atom is 0.123 e. The Kier molecular flexibility index (Phi) is 5.54. The lowest BCUT2D eigenvalue weighted by molar-refractivity contribution is 0.460. The molecule has 0 aliphatic heterocycles. The second-order valence-electron chi connectivity index (χ2n) is 9.46. The molecular formula is C34H26O3. The zero-order valence-corrected chi connectivity index (χ0v) is 20.4. The lowest BCUT2D eigenvalue weighted by atomic mass is 9.79. The summed E-state index contributed by atoms with van der Waals surface area (Å²) in [5.41, 5.74) is 5.60. The fraction of sp³-hybridized carbons (Fsp3) is 0.0588. The molecule has 0 heterocycles. The molecular weight excluding hydrogens is 456 g/mol. The van der Waals surface area contributed by atoms with Crippen LogP contribution in [0.15, 0.2) is 115 Å². The molecule has 0 radical (unpaired) electrons. The van der Waals surface area contributed by atoms with Crippen LogP contribution in [0.2, 0.25) is 0 Å². The molecule has 0 saturated heterocycles. The van der Waals surface area contributed by atoms with Crippen LogP contribution in [0.5, 0.6) is 17.2 Å². The summed E-state index contributed by atoms with van der Waals surface area (Å²) in [6, 6.07) is 36.9. The van der Waals surface area contributed by atoms with Crippen molar-refractivity contribution in [3.63, 3.8) is 0 Å². The number of fused-ring (bicyclic) bond motifs is 2. The van der Waals surface area contributed by atoms with Crippen LogP contribution in [-0.2, 0) is 0 Å². The molecule has 0 saturated carbocycles. The lowest BCUT2D eigenvalue weighted by Crippen LogP contribution is -2.06. The number of aromatic hydroxyl groups is 3. The predicted molar refractivity (Wildman–Crippen MR) is 150 cm³/mol. The summed E-state index contributed by atoms with van der Waals surface area (Å²) >= 11 is 0. The zero-order valence-electron chi connectivity index (χ0n) is 20.4. The SMILES string of the molecule is Cc1cccc2c(C(c3ccc(-c4ccccc4)cc3)c3c(O)ccc4c(O)cccc34)c(O)ccc12. The van der Waals surface area contributed by atoms with E-state index in [9.17, 15) is 15.3 Å². The van der Waals surface area contributed by atoms with Gasteiger partial charge in [0.05, 0.1) is 0 Å². The van der Waals surface area contributed by atoms with Gasteiger partial charge in [0, 0.05) is 22.4 Å². The molecule has 0 fully saturated rings. The predicted octanol–water partition coefficient (Wildman–Crippen LogP) is 8.27. The number of rotatable bonds is 4. The van der Waals surface area contributed by atoms with Crippen molar-refractivity contribution in [2.75, 3.05) is 0 Å². The van der Waals surface area contributed by atoms with Gasteiger partial charge in [-0.2, -0.15) is 0 Å². The zero-order chi connectivity index (χ0) is 25.5. The topological polar surface area (TPSA) is 60.7 Å². The number of phenols is 3. The summed E-state index contributed by atoms with van der Waals surface area (Å²) in [6.07, 6.45) is 0. The minimum absolute atomic E-state index is 0.110. The van der Waals surface area contributed by atoms with Crippen molar-refractivity contribution < 1.29 is 15.3 Å². The molecule has 0 aromatic heterocycles. The first-order valence-electron chi connectivity index (χ1n) is 12.3. The van der Waals surface area contributed by atoms with Crippen LogP contribution in [0.4, 0.5) is 0 Å². The van der Waals surface area contributed by atoms with E-state index >= 15 is 0 Å². The third kappa shape index (κ3) is 3.85. The second kappa shape index (κ2) is 9.03. The summed E-state index contributed by atoms with van der Waals surface area (Å²) in [6.45, 7) is 2.06. The van der Waals surface area contributed by atoms with E-state index in [4.69, 9.17) is 0 Å². The summed E-state index contributed by atoms with van der Waals surface area (Å²) in [4.78, 5) is 0. The summed E-state index contributed by atoms with van der Waals surface area (Å²) < 4.78 is 0. The van der Waals surface area contributed by atoms with E-state index in [0.717, 1.165) is 44.0 Å². The molecule has 180 valence electrons. The van der Waals surface area contributed by atoms with Gasteiger partial charge < -0.3 is 15.3 Å². The first-order valence-corrected chi connectivity index (χ1v) is 12.3. The van der Waals surface area contributed by atoms with Gasteiger partial charge in [-0.05, 0) is 69.6 Å². The molecule has 1 atom stereocenters. The van der Waals surface area contributed by atoms with Gasteiger partial charge in [-0.3, -0.25) is 0 Å². The molecule has 6 rings (SSSR count). The number of hydrogen-bond donors (Lipinski definition) is 3. The van der Waals surface area contributed by atoms with Crippen LogP contribution in [0.3, 0.4) is 0 Å². The molecule has 0 bridgehead atoms. The normalized spacial score (nSPS) is 12.1. The first-order chi connectivity index (χ1) is 18.0. The number of aryl methyl sites for hydroxylation is 1. The second-order valence-corrected chi connectivity index (χ2v) is 9.46. The van der Waals surface area contributed by atoms with Crippen LogP contribution in [0.25, 0.3) is 32.7 Å². The van der Waals surface area contributed by atoms with Crippen molar-refractivity contribution >= 4 is 21.5 Å². The Labute approximate surface area is 215 Å². The summed E-state index contributed by atoms with van der Waals surface area (Å²) in [5, 5.41) is 36.6. The Balaban J connectivity index is 1.67. The fourth-order valence-corrected chi connectivity index (χ4v) is 5.46. The van der Waals surface area contributed by atoms with E-state index in [-0.39, 0.29) is 17.2 Å². The van der Waals surface area contributed by atoms with Crippen LogP contribution >= 0.6 is 0 Å². The van der Waals surface area contributed by atoms with Crippen molar-refractivity contribution in [3.8, 4) is 28.4 Å². The molecule has 3 nitrogen and oxygen atoms in total. The van der Waals surface area contributed by atoms with Crippen LogP contribution in [0, 0.1) is 6.92 Å². The van der Waals surface area contributed by atoms with Crippen molar-refractivity contribution in [1.82, 2.24) is 0 Å². The molecule has 37 heavy (non-hydrogen) atoms. The Hall–Kier alpha value is -4.76. The van der Waals surface area contributed by atoms with Gasteiger partial charge in [0.2, 0.25) is 0 Å². The Morgan fingerprint density at radius 2 is 1.00 bits per heavy atom. The van der Waals surface area contributed by atoms with Crippen molar-refractivity contribution in [1.29, 1.82) is 0 Å². The highest BCUT2D eigenvalue weighted by atomic mass is 16.3. The number of hydrogen-bond acceptors (Lipinski definition) is 3. The number of benzene rings is 6. The molecule has 3 N–H and O–H groups in total. The standard InChI is InChI=1S/C34H26O3/c1-21-7-5-10-27-25(21)17-19-30(36)33(27)32(24-15-13-23(14-16-24)22-8-3-2-4-9-22)34-28-11-6-12-29(35)26(28)18-20-31(34)37/h2-20,32,35-37H,1H3. The fourth-order valence-electron chi connectivity index (χ4n) is 5.46. The minimum Gasteiger partial charge on any atom is -0.508 e. The van der Waals surface area contributed by atoms with Gasteiger partial charge in [-0.25, -0.2) is 0 Å². The van der Waals surface area contributed by atoms with Crippen LogP contribution in [0.1, 0.15) is 28.2 Å². The van der Waals surface area contributed by atoms with Gasteiger partial charge in [-0.1, -0.05) is 91.0 Å². The molecule has 0 aliphatic rings. The molecule has 3 heteroatoms. The van der Waals surface area contributed by atoms with E-state index in [1.54, 1.807) is 30.3 Å². The van der Waals surface area contributed by atoms with Crippen LogP contribution < -0.4 is 0 Å². The van der Waals surface area contributed by atoms with Gasteiger partial charge in [0.1, 0.15) is 17.2 Å². The minimum atomic E-state index is -0.485. The average molecular weight is 483 g/mol. The lowest BCUT2D eigenvalue weighted by Gasteiger charge is -2.25. The van der Waals surface area contributed by atoms with Crippen molar-refractivity contribution in [3.05, 3.63) is 138 Å². The van der Waals surface area contributed by atoms with E-state index < -0.39 is 5.92 Å². The Bertz CT molecular complexity index is 1660. The van der Waals surface area contributed by atoms with Gasteiger partial charge in [0.25, 0.3) is 0 Å². The van der Waals surface area contributed by atoms with Crippen molar-refractivity contribution in [2.24, 2.45) is 0 Å². The molecule has 0 amide bonds. The highest BCUT2D eigenvalue weighted by molar-refractivity contribution is 5.96.